The van der Waals surface area contributed by atoms with Crippen LogP contribution in [0.15, 0.2) is 71.6 Å². The van der Waals surface area contributed by atoms with E-state index in [9.17, 15) is 18.0 Å². The molecule has 12 heteroatoms. The molecule has 2 amide bonds. The number of nitrogens with zero attached hydrogens (tertiary/aromatic N) is 2. The Hall–Kier alpha value is -2.98. The molecule has 0 radical (unpaired) electrons. The Kier molecular flexibility index (Phi) is 11.9. The molecule has 0 bridgehead atoms. The van der Waals surface area contributed by atoms with Crippen LogP contribution in [0.1, 0.15) is 33.3 Å². The van der Waals surface area contributed by atoms with E-state index >= 15 is 0 Å². The zero-order valence-corrected chi connectivity index (χ0v) is 26.9. The van der Waals surface area contributed by atoms with Gasteiger partial charge in [0, 0.05) is 28.2 Å². The number of para-hydroxylation sites is 2. The number of halogens is 3. The monoisotopic (exact) mass is 653 g/mol. The Morgan fingerprint density at radius 3 is 2.19 bits per heavy atom. The SMILES string of the molecule is CCOc1ccccc1N(CC(=O)N(Cc1ccc(Cl)cc1Cl)C(C)C(=O)NCC(C)C)S(=O)(=O)c1ccc(Cl)cc1. The van der Waals surface area contributed by atoms with Crippen molar-refractivity contribution < 1.29 is 22.7 Å². The van der Waals surface area contributed by atoms with Crippen LogP contribution >= 0.6 is 34.8 Å². The number of ether oxygens (including phenoxy) is 1. The first kappa shape index (κ1) is 33.5. The Morgan fingerprint density at radius 1 is 0.929 bits per heavy atom. The Balaban J connectivity index is 2.09. The summed E-state index contributed by atoms with van der Waals surface area (Å²) >= 11 is 18.5. The molecule has 3 aromatic rings. The van der Waals surface area contributed by atoms with E-state index in [0.29, 0.717) is 27.2 Å². The van der Waals surface area contributed by atoms with Gasteiger partial charge in [0.1, 0.15) is 18.3 Å². The van der Waals surface area contributed by atoms with E-state index in [2.05, 4.69) is 5.32 Å². The average molecular weight is 655 g/mol. The highest BCUT2D eigenvalue weighted by atomic mass is 35.5. The molecule has 1 N–H and O–H groups in total. The minimum atomic E-state index is -4.29. The molecule has 0 aliphatic carbocycles. The summed E-state index contributed by atoms with van der Waals surface area (Å²) < 4.78 is 34.8. The van der Waals surface area contributed by atoms with E-state index in [1.165, 1.54) is 29.2 Å². The van der Waals surface area contributed by atoms with Gasteiger partial charge in [-0.25, -0.2) is 8.42 Å². The van der Waals surface area contributed by atoms with E-state index in [-0.39, 0.29) is 41.3 Å². The molecular formula is C30H34Cl3N3O5S. The fourth-order valence-corrected chi connectivity index (χ4v) is 6.08. The summed E-state index contributed by atoms with van der Waals surface area (Å²) in [6.07, 6.45) is 0. The average Bonchev–Trinajstić information content (AvgIpc) is 2.94. The molecule has 0 aliphatic heterocycles. The summed E-state index contributed by atoms with van der Waals surface area (Å²) in [6, 6.07) is 16.1. The van der Waals surface area contributed by atoms with Gasteiger partial charge in [-0.3, -0.25) is 13.9 Å². The molecule has 3 aromatic carbocycles. The number of anilines is 1. The van der Waals surface area contributed by atoms with Crippen molar-refractivity contribution in [2.24, 2.45) is 5.92 Å². The number of sulfonamides is 1. The maximum absolute atomic E-state index is 14.1. The smallest absolute Gasteiger partial charge is 0.264 e. The lowest BCUT2D eigenvalue weighted by atomic mass is 10.1. The maximum Gasteiger partial charge on any atom is 0.264 e. The van der Waals surface area contributed by atoms with E-state index < -0.39 is 28.5 Å². The van der Waals surface area contributed by atoms with Crippen LogP contribution in [-0.4, -0.2) is 50.9 Å². The lowest BCUT2D eigenvalue weighted by Gasteiger charge is -2.32. The van der Waals surface area contributed by atoms with Crippen LogP contribution in [0.25, 0.3) is 0 Å². The van der Waals surface area contributed by atoms with Gasteiger partial charge in [-0.15, -0.1) is 0 Å². The van der Waals surface area contributed by atoms with Crippen LogP contribution in [0, 0.1) is 5.92 Å². The molecular weight excluding hydrogens is 621 g/mol. The van der Waals surface area contributed by atoms with Gasteiger partial charge in [-0.1, -0.05) is 66.8 Å². The zero-order valence-electron chi connectivity index (χ0n) is 23.8. The Bertz CT molecular complexity index is 1500. The van der Waals surface area contributed by atoms with Gasteiger partial charge in [0.05, 0.1) is 17.2 Å². The van der Waals surface area contributed by atoms with Crippen molar-refractivity contribution in [1.29, 1.82) is 0 Å². The highest BCUT2D eigenvalue weighted by Crippen LogP contribution is 2.33. The van der Waals surface area contributed by atoms with E-state index in [0.717, 1.165) is 4.31 Å². The zero-order chi connectivity index (χ0) is 31.0. The van der Waals surface area contributed by atoms with Crippen LogP contribution < -0.4 is 14.4 Å². The quantitative estimate of drug-likeness (QED) is 0.229. The molecule has 0 saturated heterocycles. The number of carbonyl (C=O) groups is 2. The minimum Gasteiger partial charge on any atom is -0.492 e. The normalized spacial score (nSPS) is 12.1. The van der Waals surface area contributed by atoms with Gasteiger partial charge in [0.25, 0.3) is 10.0 Å². The first-order chi connectivity index (χ1) is 19.8. The molecule has 0 spiro atoms. The number of amides is 2. The topological polar surface area (TPSA) is 96.0 Å². The summed E-state index contributed by atoms with van der Waals surface area (Å²) in [7, 11) is -4.29. The molecule has 0 aliphatic rings. The lowest BCUT2D eigenvalue weighted by molar-refractivity contribution is -0.139. The third-order valence-electron chi connectivity index (χ3n) is 6.32. The second-order valence-electron chi connectivity index (χ2n) is 9.94. The summed E-state index contributed by atoms with van der Waals surface area (Å²) in [5, 5.41) is 3.93. The van der Waals surface area contributed by atoms with Crippen molar-refractivity contribution in [3.05, 3.63) is 87.4 Å². The predicted molar refractivity (Wildman–Crippen MR) is 168 cm³/mol. The summed E-state index contributed by atoms with van der Waals surface area (Å²) in [4.78, 5) is 28.5. The Morgan fingerprint density at radius 2 is 1.57 bits per heavy atom. The number of nitrogens with one attached hydrogen (secondary N) is 1. The first-order valence-corrected chi connectivity index (χ1v) is 15.9. The second kappa shape index (κ2) is 15.0. The number of hydrogen-bond donors (Lipinski definition) is 1. The number of benzene rings is 3. The fourth-order valence-electron chi connectivity index (χ4n) is 4.06. The lowest BCUT2D eigenvalue weighted by Crippen LogP contribution is -2.51. The van der Waals surface area contributed by atoms with Crippen molar-refractivity contribution in [3.63, 3.8) is 0 Å². The molecule has 1 unspecified atom stereocenters. The van der Waals surface area contributed by atoms with E-state index in [4.69, 9.17) is 39.5 Å². The molecule has 0 fully saturated rings. The molecule has 226 valence electrons. The van der Waals surface area contributed by atoms with Crippen LogP contribution in [-0.2, 0) is 26.2 Å². The number of hydrogen-bond acceptors (Lipinski definition) is 5. The molecule has 0 saturated carbocycles. The highest BCUT2D eigenvalue weighted by Gasteiger charge is 2.34. The van der Waals surface area contributed by atoms with Gasteiger partial charge < -0.3 is 15.0 Å². The molecule has 0 heterocycles. The molecule has 8 nitrogen and oxygen atoms in total. The molecule has 1 atom stereocenters. The van der Waals surface area contributed by atoms with E-state index in [1.54, 1.807) is 56.3 Å². The number of rotatable bonds is 13. The van der Waals surface area contributed by atoms with Gasteiger partial charge in [0.15, 0.2) is 0 Å². The predicted octanol–water partition coefficient (Wildman–Crippen LogP) is 6.43. The van der Waals surface area contributed by atoms with Gasteiger partial charge in [0.2, 0.25) is 11.8 Å². The van der Waals surface area contributed by atoms with Crippen molar-refractivity contribution in [2.45, 2.75) is 45.2 Å². The summed E-state index contributed by atoms with van der Waals surface area (Å²) in [5.41, 5.74) is 0.712. The third kappa shape index (κ3) is 8.53. The van der Waals surface area contributed by atoms with Crippen molar-refractivity contribution in [2.75, 3.05) is 24.0 Å². The highest BCUT2D eigenvalue weighted by molar-refractivity contribution is 7.92. The fraction of sp³-hybridized carbons (Fsp3) is 0.333. The minimum absolute atomic E-state index is 0.0625. The van der Waals surface area contributed by atoms with Crippen LogP contribution in [0.2, 0.25) is 15.1 Å². The summed E-state index contributed by atoms with van der Waals surface area (Å²) in [6.45, 7) is 7.26. The van der Waals surface area contributed by atoms with Crippen molar-refractivity contribution in [3.8, 4) is 5.75 Å². The Labute approximate surface area is 262 Å². The molecule has 0 aromatic heterocycles. The van der Waals surface area contributed by atoms with Gasteiger partial charge in [-0.2, -0.15) is 0 Å². The maximum atomic E-state index is 14.1. The van der Waals surface area contributed by atoms with Crippen molar-refractivity contribution in [1.82, 2.24) is 10.2 Å². The molecule has 42 heavy (non-hydrogen) atoms. The van der Waals surface area contributed by atoms with Crippen LogP contribution in [0.4, 0.5) is 5.69 Å². The van der Waals surface area contributed by atoms with Crippen LogP contribution in [0.3, 0.4) is 0 Å². The van der Waals surface area contributed by atoms with E-state index in [1.807, 2.05) is 13.8 Å². The van der Waals surface area contributed by atoms with Crippen LogP contribution in [0.5, 0.6) is 5.75 Å². The standard InChI is InChI=1S/C30H34Cl3N3O5S/c1-5-41-28-9-7-6-8-27(28)36(42(39,40)25-14-12-23(31)13-15-25)19-29(37)35(21(4)30(38)34-17-20(2)3)18-22-10-11-24(32)16-26(22)33/h6-16,20-21H,5,17-19H2,1-4H3,(H,34,38). The largest absolute Gasteiger partial charge is 0.492 e. The summed E-state index contributed by atoms with van der Waals surface area (Å²) in [5.74, 6) is -0.549. The van der Waals surface area contributed by atoms with Crippen molar-refractivity contribution >= 4 is 62.3 Å². The second-order valence-corrected chi connectivity index (χ2v) is 13.1. The van der Waals surface area contributed by atoms with Gasteiger partial charge in [-0.05, 0) is 73.9 Å². The van der Waals surface area contributed by atoms with Gasteiger partial charge >= 0.3 is 0 Å². The number of carbonyl (C=O) groups excluding carboxylic acids is 2. The molecule has 3 rings (SSSR count). The third-order valence-corrected chi connectivity index (χ3v) is 8.93. The first-order valence-electron chi connectivity index (χ1n) is 13.4.